The van der Waals surface area contributed by atoms with Crippen molar-refractivity contribution in [2.75, 3.05) is 23.0 Å². The second kappa shape index (κ2) is 5.92. The van der Waals surface area contributed by atoms with Crippen LogP contribution in [0.1, 0.15) is 48.0 Å². The highest BCUT2D eigenvalue weighted by Gasteiger charge is 2.36. The molecule has 2 heterocycles. The molecule has 0 bridgehead atoms. The Hall–Kier alpha value is 0.0400. The van der Waals surface area contributed by atoms with Gasteiger partial charge < -0.3 is 0 Å². The summed E-state index contributed by atoms with van der Waals surface area (Å²) in [6, 6.07) is 0. The summed E-state index contributed by atoms with van der Waals surface area (Å²) in [6.07, 6.45) is 1.10. The molecule has 0 saturated carbocycles. The minimum atomic E-state index is -1.68. The Bertz CT molecular complexity index is 543. The summed E-state index contributed by atoms with van der Waals surface area (Å²) in [6.45, 7) is 13.3. The quantitative estimate of drug-likeness (QED) is 0.638. The molecule has 0 aromatic heterocycles. The first-order valence-corrected chi connectivity index (χ1v) is 11.9. The lowest BCUT2D eigenvalue weighted by molar-refractivity contribution is 0.268. The van der Waals surface area contributed by atoms with Crippen molar-refractivity contribution in [3.8, 4) is 0 Å². The highest BCUT2D eigenvalue weighted by molar-refractivity contribution is 8.01. The van der Waals surface area contributed by atoms with Gasteiger partial charge in [0.15, 0.2) is 0 Å². The average molecular weight is 335 g/mol. The van der Waals surface area contributed by atoms with Crippen molar-refractivity contribution in [3.63, 3.8) is 0 Å². The lowest BCUT2D eigenvalue weighted by Crippen LogP contribution is -2.43. The van der Waals surface area contributed by atoms with Gasteiger partial charge in [-0.25, -0.2) is 0 Å². The van der Waals surface area contributed by atoms with Gasteiger partial charge >= 0.3 is 0 Å². The van der Waals surface area contributed by atoms with Gasteiger partial charge in [0.25, 0.3) is 0 Å². The topological polar surface area (TPSA) is 34.1 Å². The molecule has 0 aromatic rings. The van der Waals surface area contributed by atoms with Crippen LogP contribution in [0.4, 0.5) is 0 Å². The maximum atomic E-state index is 11.5. The van der Waals surface area contributed by atoms with Gasteiger partial charge in [0.1, 0.15) is 0 Å². The van der Waals surface area contributed by atoms with E-state index in [4.69, 9.17) is 0 Å². The Labute approximate surface area is 133 Å². The molecule has 2 atom stereocenters. The van der Waals surface area contributed by atoms with Crippen molar-refractivity contribution in [3.05, 3.63) is 0 Å². The van der Waals surface area contributed by atoms with Crippen LogP contribution in [-0.4, -0.2) is 43.2 Å². The number of hydrogen-bond donors (Lipinski definition) is 0. The fourth-order valence-electron chi connectivity index (χ4n) is 2.76. The summed E-state index contributed by atoms with van der Waals surface area (Å²) in [5.41, 5.74) is 0.648. The molecule has 2 fully saturated rings. The van der Waals surface area contributed by atoms with Gasteiger partial charge in [-0.2, -0.15) is 0 Å². The standard InChI is InChI=1S/C9H18OS.C8H16OS/c1-9(2,3)8-5-6-11(4,10)7-8;1-8(2,3)7-5-10(4,9)6-7/h8H,4-7H2,1-3H3;7H,4-6H2,1-3H3. The molecule has 2 aliphatic rings. The van der Waals surface area contributed by atoms with Gasteiger partial charge in [0, 0.05) is 23.0 Å². The normalized spacial score (nSPS) is 40.1. The van der Waals surface area contributed by atoms with Gasteiger partial charge in [-0.15, -0.1) is 0 Å². The first kappa shape index (κ1) is 19.1. The molecular weight excluding hydrogens is 300 g/mol. The van der Waals surface area contributed by atoms with Crippen molar-refractivity contribution in [2.45, 2.75) is 48.0 Å². The van der Waals surface area contributed by atoms with E-state index in [1.807, 2.05) is 0 Å². The Morgan fingerprint density at radius 1 is 0.762 bits per heavy atom. The summed E-state index contributed by atoms with van der Waals surface area (Å²) < 4.78 is 22.7. The molecule has 2 unspecified atom stereocenters. The van der Waals surface area contributed by atoms with E-state index in [0.717, 1.165) is 29.4 Å². The fraction of sp³-hybridized carbons (Fsp3) is 0.882. The van der Waals surface area contributed by atoms with Crippen molar-refractivity contribution in [1.29, 1.82) is 0 Å². The van der Waals surface area contributed by atoms with E-state index in [-0.39, 0.29) is 0 Å². The Balaban J connectivity index is 0.000000211. The zero-order chi connectivity index (χ0) is 16.7. The molecule has 0 amide bonds. The van der Waals surface area contributed by atoms with Crippen LogP contribution >= 0.6 is 0 Å². The summed E-state index contributed by atoms with van der Waals surface area (Å²) in [5.74, 6) is 12.1. The minimum Gasteiger partial charge on any atom is -0.268 e. The molecule has 0 radical (unpaired) electrons. The van der Waals surface area contributed by atoms with Gasteiger partial charge in [-0.1, -0.05) is 41.5 Å². The lowest BCUT2D eigenvalue weighted by Gasteiger charge is -2.40. The molecular formula is C17H34O2S2. The largest absolute Gasteiger partial charge is 0.268 e. The van der Waals surface area contributed by atoms with Crippen LogP contribution in [0, 0.1) is 22.7 Å². The van der Waals surface area contributed by atoms with Gasteiger partial charge in [0.2, 0.25) is 0 Å². The summed E-state index contributed by atoms with van der Waals surface area (Å²) in [5, 5.41) is 0. The predicted octanol–water partition coefficient (Wildman–Crippen LogP) is 3.15. The molecule has 0 spiro atoms. The molecule has 2 saturated heterocycles. The van der Waals surface area contributed by atoms with Crippen molar-refractivity contribution >= 4 is 30.8 Å². The third-order valence-electron chi connectivity index (χ3n) is 4.80. The van der Waals surface area contributed by atoms with Crippen LogP contribution in [0.25, 0.3) is 0 Å². The third-order valence-corrected chi connectivity index (χ3v) is 8.81. The van der Waals surface area contributed by atoms with Crippen LogP contribution in [0.5, 0.6) is 0 Å². The first-order valence-electron chi connectivity index (χ1n) is 7.78. The summed E-state index contributed by atoms with van der Waals surface area (Å²) >= 11 is 0. The SMILES string of the molecule is C=S1(=O)CC(C(C)(C)C)C1.C=S1(=O)CCC(C(C)(C)C)C1. The van der Waals surface area contributed by atoms with E-state index in [0.29, 0.717) is 22.7 Å². The van der Waals surface area contributed by atoms with Crippen LogP contribution in [-0.2, 0) is 19.0 Å². The molecule has 0 aromatic carbocycles. The molecule has 2 rings (SSSR count). The van der Waals surface area contributed by atoms with E-state index in [1.165, 1.54) is 0 Å². The zero-order valence-corrected chi connectivity index (χ0v) is 16.4. The highest BCUT2D eigenvalue weighted by atomic mass is 32.2. The summed E-state index contributed by atoms with van der Waals surface area (Å²) in [4.78, 5) is 0. The van der Waals surface area contributed by atoms with Gasteiger partial charge in [-0.3, -0.25) is 8.42 Å². The van der Waals surface area contributed by atoms with Crippen LogP contribution in [0.3, 0.4) is 0 Å². The van der Waals surface area contributed by atoms with Crippen LogP contribution < -0.4 is 0 Å². The Morgan fingerprint density at radius 3 is 1.29 bits per heavy atom. The molecule has 4 heteroatoms. The van der Waals surface area contributed by atoms with Crippen molar-refractivity contribution < 1.29 is 8.42 Å². The number of hydrogen-bond acceptors (Lipinski definition) is 2. The monoisotopic (exact) mass is 334 g/mol. The molecule has 21 heavy (non-hydrogen) atoms. The van der Waals surface area contributed by atoms with E-state index in [9.17, 15) is 8.42 Å². The Morgan fingerprint density at radius 2 is 1.14 bits per heavy atom. The minimum absolute atomic E-state index is 0.316. The van der Waals surface area contributed by atoms with E-state index in [2.05, 4.69) is 53.3 Å². The molecule has 2 nitrogen and oxygen atoms in total. The lowest BCUT2D eigenvalue weighted by atomic mass is 9.81. The van der Waals surface area contributed by atoms with Crippen molar-refractivity contribution in [1.82, 2.24) is 0 Å². The second-order valence-electron chi connectivity index (χ2n) is 9.05. The Kier molecular flexibility index (Phi) is 5.38. The van der Waals surface area contributed by atoms with Crippen LogP contribution in [0.2, 0.25) is 0 Å². The first-order chi connectivity index (χ1) is 9.12. The van der Waals surface area contributed by atoms with Crippen LogP contribution in [0.15, 0.2) is 0 Å². The fourth-order valence-corrected chi connectivity index (χ4v) is 7.41. The van der Waals surface area contributed by atoms with Gasteiger partial charge in [-0.05, 0) is 59.9 Å². The smallest absolute Gasteiger partial charge is 0.0201 e. The summed E-state index contributed by atoms with van der Waals surface area (Å²) in [7, 11) is -3.29. The molecule has 0 aliphatic carbocycles. The third kappa shape index (κ3) is 5.97. The highest BCUT2D eigenvalue weighted by Crippen LogP contribution is 2.35. The number of rotatable bonds is 0. The molecule has 2 aliphatic heterocycles. The van der Waals surface area contributed by atoms with E-state index >= 15 is 0 Å². The maximum absolute atomic E-state index is 11.5. The second-order valence-corrected chi connectivity index (χ2v) is 14.3. The maximum Gasteiger partial charge on any atom is 0.0201 e. The van der Waals surface area contributed by atoms with Crippen molar-refractivity contribution in [2.24, 2.45) is 22.7 Å². The zero-order valence-electron chi connectivity index (χ0n) is 14.7. The van der Waals surface area contributed by atoms with Gasteiger partial charge in [0.05, 0.1) is 0 Å². The average Bonchev–Trinajstić information content (AvgIpc) is 2.54. The molecule has 126 valence electrons. The molecule has 0 N–H and O–H groups in total. The van der Waals surface area contributed by atoms with E-state index < -0.39 is 19.0 Å². The predicted molar refractivity (Wildman–Crippen MR) is 101 cm³/mol. The van der Waals surface area contributed by atoms with E-state index in [1.54, 1.807) is 0 Å².